The molecule has 1 saturated carbocycles. The summed E-state index contributed by atoms with van der Waals surface area (Å²) in [5.41, 5.74) is -2.22. The summed E-state index contributed by atoms with van der Waals surface area (Å²) in [7, 11) is 3.82. The first kappa shape index (κ1) is 15.8. The number of carbonyl (C=O) groups excluding carboxylic acids is 1. The summed E-state index contributed by atoms with van der Waals surface area (Å²) in [6, 6.07) is 1.45. The number of halogens is 2. The molecule has 1 fully saturated rings. The van der Waals surface area contributed by atoms with Crippen molar-refractivity contribution in [3.8, 4) is 0 Å². The number of rotatable bonds is 6. The summed E-state index contributed by atoms with van der Waals surface area (Å²) in [4.78, 5) is 13.6. The first-order chi connectivity index (χ1) is 9.74. The maximum absolute atomic E-state index is 13.9. The lowest BCUT2D eigenvalue weighted by Gasteiger charge is -2.41. The Morgan fingerprint density at radius 3 is 2.76 bits per heavy atom. The monoisotopic (exact) mass is 302 g/mol. The molecule has 0 unspecified atom stereocenters. The van der Waals surface area contributed by atoms with Gasteiger partial charge in [-0.05, 0) is 33.4 Å². The quantitative estimate of drug-likeness (QED) is 0.820. The van der Waals surface area contributed by atoms with E-state index in [0.29, 0.717) is 13.0 Å². The van der Waals surface area contributed by atoms with Gasteiger partial charge in [0.05, 0.1) is 6.54 Å². The Morgan fingerprint density at radius 1 is 1.57 bits per heavy atom. The highest BCUT2D eigenvalue weighted by Gasteiger charge is 2.61. The van der Waals surface area contributed by atoms with Crippen LogP contribution in [-0.4, -0.2) is 57.9 Å². The minimum Gasteiger partial charge on any atom is -0.383 e. The number of nitrogens with zero attached hydrogens (tertiary/aromatic N) is 3. The van der Waals surface area contributed by atoms with Crippen LogP contribution in [0.15, 0.2) is 12.3 Å². The van der Waals surface area contributed by atoms with Crippen molar-refractivity contribution in [2.75, 3.05) is 26.0 Å². The first-order valence-corrected chi connectivity index (χ1v) is 6.84. The van der Waals surface area contributed by atoms with Gasteiger partial charge in [-0.1, -0.05) is 0 Å². The largest absolute Gasteiger partial charge is 0.383 e. The van der Waals surface area contributed by atoms with Gasteiger partial charge in [-0.2, -0.15) is 13.9 Å². The van der Waals surface area contributed by atoms with Gasteiger partial charge in [-0.15, -0.1) is 0 Å². The van der Waals surface area contributed by atoms with Gasteiger partial charge in [0, 0.05) is 18.8 Å². The SMILES string of the molecule is CN(C)CCn1ccc(NC(=O)C(F)(F)C2(O)CCC2)n1. The molecule has 1 amide bonds. The Balaban J connectivity index is 1.96. The van der Waals surface area contributed by atoms with Gasteiger partial charge in [0.15, 0.2) is 5.82 Å². The van der Waals surface area contributed by atoms with Crippen molar-refractivity contribution in [1.29, 1.82) is 0 Å². The second-order valence-corrected chi connectivity index (χ2v) is 5.68. The summed E-state index contributed by atoms with van der Waals surface area (Å²) in [6.45, 7) is 1.33. The van der Waals surface area contributed by atoms with E-state index in [1.54, 1.807) is 10.9 Å². The molecule has 0 saturated heterocycles. The Hall–Kier alpha value is -1.54. The molecular weight excluding hydrogens is 282 g/mol. The van der Waals surface area contributed by atoms with Crippen LogP contribution in [0, 0.1) is 0 Å². The molecule has 0 aromatic carbocycles. The predicted octanol–water partition coefficient (Wildman–Crippen LogP) is 0.933. The predicted molar refractivity (Wildman–Crippen MR) is 73.2 cm³/mol. The van der Waals surface area contributed by atoms with E-state index in [1.165, 1.54) is 6.07 Å². The fourth-order valence-electron chi connectivity index (χ4n) is 2.09. The van der Waals surface area contributed by atoms with Crippen LogP contribution in [0.4, 0.5) is 14.6 Å². The smallest absolute Gasteiger partial charge is 0.352 e. The van der Waals surface area contributed by atoms with Gasteiger partial charge < -0.3 is 15.3 Å². The van der Waals surface area contributed by atoms with Crippen molar-refractivity contribution in [2.45, 2.75) is 37.3 Å². The zero-order valence-corrected chi connectivity index (χ0v) is 12.1. The Labute approximate surface area is 121 Å². The molecule has 0 bridgehead atoms. The minimum atomic E-state index is -3.81. The fourth-order valence-corrected chi connectivity index (χ4v) is 2.09. The van der Waals surface area contributed by atoms with E-state index in [1.807, 2.05) is 19.0 Å². The lowest BCUT2D eigenvalue weighted by molar-refractivity contribution is -0.212. The molecule has 1 heterocycles. The number of likely N-dealkylation sites (N-methyl/N-ethyl adjacent to an activating group) is 1. The van der Waals surface area contributed by atoms with E-state index in [-0.39, 0.29) is 18.7 Å². The van der Waals surface area contributed by atoms with E-state index in [9.17, 15) is 18.7 Å². The summed E-state index contributed by atoms with van der Waals surface area (Å²) in [5.74, 6) is -5.26. The van der Waals surface area contributed by atoms with Crippen molar-refractivity contribution in [2.24, 2.45) is 0 Å². The van der Waals surface area contributed by atoms with E-state index in [4.69, 9.17) is 0 Å². The van der Waals surface area contributed by atoms with Gasteiger partial charge >= 0.3 is 5.92 Å². The standard InChI is InChI=1S/C13H20F2N4O2/c1-18(2)8-9-19-7-4-10(17-19)16-11(20)13(14,15)12(21)5-3-6-12/h4,7,21H,3,5-6,8-9H2,1-2H3,(H,16,17,20). The Bertz CT molecular complexity index is 512. The highest BCUT2D eigenvalue weighted by Crippen LogP contribution is 2.44. The number of hydrogen-bond donors (Lipinski definition) is 2. The van der Waals surface area contributed by atoms with Crippen molar-refractivity contribution >= 4 is 11.7 Å². The highest BCUT2D eigenvalue weighted by molar-refractivity contribution is 5.96. The molecule has 1 aliphatic rings. The van der Waals surface area contributed by atoms with Gasteiger partial charge in [0.1, 0.15) is 5.60 Å². The molecule has 2 N–H and O–H groups in total. The minimum absolute atomic E-state index is 0.0568. The average Bonchev–Trinajstić information content (AvgIpc) is 2.80. The topological polar surface area (TPSA) is 70.4 Å². The molecule has 0 radical (unpaired) electrons. The van der Waals surface area contributed by atoms with E-state index in [0.717, 1.165) is 6.54 Å². The number of aliphatic hydroxyl groups is 1. The summed E-state index contributed by atoms with van der Waals surface area (Å²) in [5, 5.41) is 15.8. The zero-order chi connectivity index (χ0) is 15.7. The van der Waals surface area contributed by atoms with E-state index < -0.39 is 17.4 Å². The van der Waals surface area contributed by atoms with Crippen molar-refractivity contribution in [1.82, 2.24) is 14.7 Å². The Kier molecular flexibility index (Phi) is 4.29. The zero-order valence-electron chi connectivity index (χ0n) is 12.1. The first-order valence-electron chi connectivity index (χ1n) is 6.84. The van der Waals surface area contributed by atoms with Crippen LogP contribution >= 0.6 is 0 Å². The number of alkyl halides is 2. The molecule has 0 spiro atoms. The van der Waals surface area contributed by atoms with Crippen molar-refractivity contribution < 1.29 is 18.7 Å². The lowest BCUT2D eigenvalue weighted by Crippen LogP contribution is -2.59. The summed E-state index contributed by atoms with van der Waals surface area (Å²) in [6.07, 6.45) is 1.98. The molecule has 1 aromatic heterocycles. The van der Waals surface area contributed by atoms with Crippen LogP contribution in [0.2, 0.25) is 0 Å². The number of amides is 1. The third kappa shape index (κ3) is 3.21. The maximum atomic E-state index is 13.9. The van der Waals surface area contributed by atoms with Crippen molar-refractivity contribution in [3.05, 3.63) is 12.3 Å². The summed E-state index contributed by atoms with van der Waals surface area (Å²) < 4.78 is 29.3. The fraction of sp³-hybridized carbons (Fsp3) is 0.692. The maximum Gasteiger partial charge on any atom is 0.352 e. The highest BCUT2D eigenvalue weighted by atomic mass is 19.3. The number of anilines is 1. The lowest BCUT2D eigenvalue weighted by atomic mass is 9.75. The normalized spacial score (nSPS) is 17.6. The molecule has 1 aromatic rings. The molecule has 6 nitrogen and oxygen atoms in total. The van der Waals surface area contributed by atoms with Crippen LogP contribution in [0.25, 0.3) is 0 Å². The van der Waals surface area contributed by atoms with Crippen LogP contribution in [-0.2, 0) is 11.3 Å². The molecular formula is C13H20F2N4O2. The van der Waals surface area contributed by atoms with E-state index in [2.05, 4.69) is 10.4 Å². The molecule has 21 heavy (non-hydrogen) atoms. The van der Waals surface area contributed by atoms with Crippen LogP contribution < -0.4 is 5.32 Å². The third-order valence-corrected chi connectivity index (χ3v) is 3.71. The molecule has 0 atom stereocenters. The molecule has 0 aliphatic heterocycles. The van der Waals surface area contributed by atoms with Crippen LogP contribution in [0.1, 0.15) is 19.3 Å². The third-order valence-electron chi connectivity index (χ3n) is 3.71. The van der Waals surface area contributed by atoms with Gasteiger partial charge in [0.2, 0.25) is 0 Å². The summed E-state index contributed by atoms with van der Waals surface area (Å²) >= 11 is 0. The number of carbonyl (C=O) groups is 1. The Morgan fingerprint density at radius 2 is 2.24 bits per heavy atom. The second-order valence-electron chi connectivity index (χ2n) is 5.68. The van der Waals surface area contributed by atoms with E-state index >= 15 is 0 Å². The van der Waals surface area contributed by atoms with Crippen LogP contribution in [0.5, 0.6) is 0 Å². The average molecular weight is 302 g/mol. The number of aromatic nitrogens is 2. The van der Waals surface area contributed by atoms with Crippen molar-refractivity contribution in [3.63, 3.8) is 0 Å². The van der Waals surface area contributed by atoms with Crippen LogP contribution in [0.3, 0.4) is 0 Å². The van der Waals surface area contributed by atoms with Gasteiger partial charge in [-0.3, -0.25) is 9.48 Å². The molecule has 1 aliphatic carbocycles. The second kappa shape index (κ2) is 5.69. The molecule has 118 valence electrons. The van der Waals surface area contributed by atoms with Gasteiger partial charge in [-0.25, -0.2) is 0 Å². The number of hydrogen-bond acceptors (Lipinski definition) is 4. The molecule has 2 rings (SSSR count). The number of nitrogens with one attached hydrogen (secondary N) is 1. The van der Waals surface area contributed by atoms with Gasteiger partial charge in [0.25, 0.3) is 5.91 Å². The molecule has 8 heteroatoms.